The third-order valence-corrected chi connectivity index (χ3v) is 3.26. The summed E-state index contributed by atoms with van der Waals surface area (Å²) in [5, 5.41) is 2.38. The second-order valence-corrected chi connectivity index (χ2v) is 4.87. The van der Waals surface area contributed by atoms with Crippen LogP contribution in [0.3, 0.4) is 0 Å². The number of rotatable bonds is 4. The fraction of sp³-hybridized carbons (Fsp3) is 0.231. The van der Waals surface area contributed by atoms with Crippen molar-refractivity contribution >= 4 is 17.7 Å². The van der Waals surface area contributed by atoms with Crippen molar-refractivity contribution in [3.63, 3.8) is 0 Å². The average Bonchev–Trinajstić information content (AvgIpc) is 2.88. The number of aromatic nitrogens is 2. The molecule has 21 heavy (non-hydrogen) atoms. The molecule has 0 aliphatic heterocycles. The number of carbonyl (C=O) groups is 1. The van der Waals surface area contributed by atoms with Gasteiger partial charge in [-0.1, -0.05) is 30.0 Å². The van der Waals surface area contributed by atoms with Crippen LogP contribution >= 0.6 is 11.8 Å². The molecule has 2 rings (SSSR count). The van der Waals surface area contributed by atoms with Gasteiger partial charge in [-0.3, -0.25) is 9.36 Å². The number of hydrogen-bond donors (Lipinski definition) is 1. The zero-order valence-corrected chi connectivity index (χ0v) is 11.8. The first-order chi connectivity index (χ1) is 9.92. The number of halogens is 3. The highest BCUT2D eigenvalue weighted by Crippen LogP contribution is 2.21. The number of benzene rings is 1. The number of hydrogen-bond acceptors (Lipinski definition) is 3. The fourth-order valence-corrected chi connectivity index (χ4v) is 2.28. The minimum absolute atomic E-state index is 0.0646. The summed E-state index contributed by atoms with van der Waals surface area (Å²) in [7, 11) is 0. The third-order valence-electron chi connectivity index (χ3n) is 2.61. The SMILES string of the molecule is CSc1ncc(C(=O)NCC(F)(F)F)n1-c1ccccc1. The Hall–Kier alpha value is -1.96. The lowest BCUT2D eigenvalue weighted by atomic mass is 10.3. The van der Waals surface area contributed by atoms with Gasteiger partial charge in [0.05, 0.1) is 6.20 Å². The Morgan fingerprint density at radius 2 is 2.00 bits per heavy atom. The van der Waals surface area contributed by atoms with Gasteiger partial charge in [0, 0.05) is 5.69 Å². The molecule has 0 radical (unpaired) electrons. The van der Waals surface area contributed by atoms with Crippen molar-refractivity contribution < 1.29 is 18.0 Å². The van der Waals surface area contributed by atoms with Crippen molar-refractivity contribution in [3.8, 4) is 5.69 Å². The van der Waals surface area contributed by atoms with Crippen LogP contribution in [-0.2, 0) is 0 Å². The summed E-state index contributed by atoms with van der Waals surface area (Å²) in [5.41, 5.74) is 0.728. The summed E-state index contributed by atoms with van der Waals surface area (Å²) in [6, 6.07) is 8.86. The minimum atomic E-state index is -4.45. The molecular weight excluding hydrogens is 303 g/mol. The molecule has 8 heteroatoms. The first-order valence-electron chi connectivity index (χ1n) is 5.94. The van der Waals surface area contributed by atoms with E-state index in [-0.39, 0.29) is 5.69 Å². The number of imidazole rings is 1. The molecule has 1 aromatic heterocycles. The molecule has 0 aliphatic carbocycles. The van der Waals surface area contributed by atoms with Crippen LogP contribution in [0.15, 0.2) is 41.7 Å². The van der Waals surface area contributed by atoms with Crippen molar-refractivity contribution in [1.82, 2.24) is 14.9 Å². The molecular formula is C13H12F3N3OS. The summed E-state index contributed by atoms with van der Waals surface area (Å²) in [4.78, 5) is 16.0. The molecule has 0 aliphatic rings. The molecule has 1 N–H and O–H groups in total. The van der Waals surface area contributed by atoms with Crippen molar-refractivity contribution in [3.05, 3.63) is 42.2 Å². The topological polar surface area (TPSA) is 46.9 Å². The summed E-state index contributed by atoms with van der Waals surface area (Å²) in [6.45, 7) is -1.37. The second kappa shape index (κ2) is 6.21. The van der Waals surface area contributed by atoms with Crippen LogP contribution in [0.4, 0.5) is 13.2 Å². The van der Waals surface area contributed by atoms with Crippen LogP contribution in [0, 0.1) is 0 Å². The van der Waals surface area contributed by atoms with Crippen molar-refractivity contribution in [2.45, 2.75) is 11.3 Å². The van der Waals surface area contributed by atoms with Crippen molar-refractivity contribution in [2.75, 3.05) is 12.8 Å². The number of para-hydroxylation sites is 1. The van der Waals surface area contributed by atoms with E-state index in [1.807, 2.05) is 11.4 Å². The van der Waals surface area contributed by atoms with Gasteiger partial charge >= 0.3 is 6.18 Å². The van der Waals surface area contributed by atoms with Gasteiger partial charge < -0.3 is 5.32 Å². The van der Waals surface area contributed by atoms with Gasteiger partial charge in [0.15, 0.2) is 5.16 Å². The molecule has 0 atom stereocenters. The number of nitrogens with zero attached hydrogens (tertiary/aromatic N) is 2. The highest BCUT2D eigenvalue weighted by Gasteiger charge is 2.29. The van der Waals surface area contributed by atoms with Crippen LogP contribution in [0.25, 0.3) is 5.69 Å². The quantitative estimate of drug-likeness (QED) is 0.883. The maximum Gasteiger partial charge on any atom is 0.405 e. The lowest BCUT2D eigenvalue weighted by Crippen LogP contribution is -2.34. The molecule has 1 heterocycles. The van der Waals surface area contributed by atoms with Gasteiger partial charge in [-0.25, -0.2) is 4.98 Å². The zero-order valence-electron chi connectivity index (χ0n) is 11.0. The van der Waals surface area contributed by atoms with Gasteiger partial charge in [-0.2, -0.15) is 13.2 Å². The average molecular weight is 315 g/mol. The molecule has 0 saturated heterocycles. The molecule has 0 unspecified atom stereocenters. The number of amides is 1. The van der Waals surface area contributed by atoms with E-state index < -0.39 is 18.6 Å². The van der Waals surface area contributed by atoms with E-state index in [9.17, 15) is 18.0 Å². The molecule has 0 fully saturated rings. The highest BCUT2D eigenvalue weighted by molar-refractivity contribution is 7.98. The first kappa shape index (κ1) is 15.4. The van der Waals surface area contributed by atoms with Crippen LogP contribution < -0.4 is 5.32 Å². The number of carbonyl (C=O) groups excluding carboxylic acids is 1. The molecule has 2 aromatic rings. The highest BCUT2D eigenvalue weighted by atomic mass is 32.2. The lowest BCUT2D eigenvalue weighted by molar-refractivity contribution is -0.123. The maximum atomic E-state index is 12.2. The van der Waals surface area contributed by atoms with Crippen LogP contribution in [0.2, 0.25) is 0 Å². The Balaban J connectivity index is 2.33. The second-order valence-electron chi connectivity index (χ2n) is 4.10. The minimum Gasteiger partial charge on any atom is -0.342 e. The van der Waals surface area contributed by atoms with E-state index in [2.05, 4.69) is 4.98 Å². The summed E-state index contributed by atoms with van der Waals surface area (Å²) < 4.78 is 38.1. The Kier molecular flexibility index (Phi) is 4.56. The maximum absolute atomic E-state index is 12.2. The van der Waals surface area contributed by atoms with Gasteiger partial charge in [-0.15, -0.1) is 0 Å². The first-order valence-corrected chi connectivity index (χ1v) is 7.17. The van der Waals surface area contributed by atoms with Gasteiger partial charge in [-0.05, 0) is 18.4 Å². The Labute approximate surface area is 123 Å². The van der Waals surface area contributed by atoms with E-state index in [1.165, 1.54) is 22.5 Å². The van der Waals surface area contributed by atoms with Crippen LogP contribution in [0.5, 0.6) is 0 Å². The van der Waals surface area contributed by atoms with E-state index in [4.69, 9.17) is 0 Å². The van der Waals surface area contributed by atoms with Crippen molar-refractivity contribution in [1.29, 1.82) is 0 Å². The third kappa shape index (κ3) is 3.78. The Morgan fingerprint density at radius 3 is 2.57 bits per heavy atom. The van der Waals surface area contributed by atoms with Crippen molar-refractivity contribution in [2.24, 2.45) is 0 Å². The predicted octanol–water partition coefficient (Wildman–Crippen LogP) is 2.89. The standard InChI is InChI=1S/C13H12F3N3OS/c1-21-12-17-7-10(11(20)18-8-13(14,15)16)19(12)9-5-3-2-4-6-9/h2-7H,8H2,1H3,(H,18,20). The summed E-state index contributed by atoms with van der Waals surface area (Å²) in [5.74, 6) is -0.816. The van der Waals surface area contributed by atoms with Gasteiger partial charge in [0.25, 0.3) is 5.91 Å². The van der Waals surface area contributed by atoms with Gasteiger partial charge in [0.2, 0.25) is 0 Å². The molecule has 1 amide bonds. The largest absolute Gasteiger partial charge is 0.405 e. The molecule has 0 saturated carbocycles. The molecule has 4 nitrogen and oxygen atoms in total. The van der Waals surface area contributed by atoms with Crippen LogP contribution in [0.1, 0.15) is 10.5 Å². The predicted molar refractivity (Wildman–Crippen MR) is 73.7 cm³/mol. The molecule has 0 bridgehead atoms. The molecule has 1 aromatic carbocycles. The fourth-order valence-electron chi connectivity index (χ4n) is 1.74. The Morgan fingerprint density at radius 1 is 1.33 bits per heavy atom. The normalized spacial score (nSPS) is 11.4. The number of alkyl halides is 3. The Bertz CT molecular complexity index is 625. The van der Waals surface area contributed by atoms with Crippen LogP contribution in [-0.4, -0.2) is 34.4 Å². The van der Waals surface area contributed by atoms with E-state index >= 15 is 0 Å². The molecule has 112 valence electrons. The number of thioether (sulfide) groups is 1. The zero-order chi connectivity index (χ0) is 15.5. The van der Waals surface area contributed by atoms with E-state index in [0.29, 0.717) is 10.8 Å². The van der Waals surface area contributed by atoms with E-state index in [0.717, 1.165) is 0 Å². The molecule has 0 spiro atoms. The summed E-state index contributed by atoms with van der Waals surface area (Å²) >= 11 is 1.30. The lowest BCUT2D eigenvalue weighted by Gasteiger charge is -2.12. The monoisotopic (exact) mass is 315 g/mol. The number of nitrogens with one attached hydrogen (secondary N) is 1. The smallest absolute Gasteiger partial charge is 0.342 e. The van der Waals surface area contributed by atoms with Gasteiger partial charge in [0.1, 0.15) is 12.2 Å². The van der Waals surface area contributed by atoms with E-state index in [1.54, 1.807) is 30.5 Å². The summed E-state index contributed by atoms with van der Waals surface area (Å²) in [6.07, 6.45) is -1.40.